The van der Waals surface area contributed by atoms with E-state index in [2.05, 4.69) is 92.7 Å². The summed E-state index contributed by atoms with van der Waals surface area (Å²) >= 11 is 0. The zero-order chi connectivity index (χ0) is 24.8. The molecule has 3 aromatic rings. The summed E-state index contributed by atoms with van der Waals surface area (Å²) in [5, 5.41) is 2.38. The zero-order valence-corrected chi connectivity index (χ0v) is 22.9. The molecule has 1 aliphatic carbocycles. The Bertz CT molecular complexity index is 1130. The van der Waals surface area contributed by atoms with Crippen molar-refractivity contribution < 1.29 is 8.69 Å². The van der Waals surface area contributed by atoms with Crippen LogP contribution in [0.4, 0.5) is 0 Å². The van der Waals surface area contributed by atoms with Crippen LogP contribution in [0, 0.1) is 19.8 Å². The molecule has 0 heterocycles. The topological polar surface area (TPSA) is 20.3 Å². The molecule has 0 saturated heterocycles. The normalized spacial score (nSPS) is 15.1. The van der Waals surface area contributed by atoms with Crippen LogP contribution in [-0.4, -0.2) is 45.7 Å². The number of quaternary nitrogens is 1. The summed E-state index contributed by atoms with van der Waals surface area (Å²) in [6.45, 7) is 15.5. The fraction of sp³-hybridized carbons (Fsp3) is 0.484. The van der Waals surface area contributed by atoms with E-state index in [0.717, 1.165) is 54.4 Å². The van der Waals surface area contributed by atoms with Gasteiger partial charge < -0.3 is 4.48 Å². The Balaban J connectivity index is 1.38. The maximum absolute atomic E-state index is 13.6. The standard InChI is InChI=1S/C31H43N2OS/c1-5-33(6-2,24-28-20-25(3)19-26(4)21-28)18-10-9-17-32(23-27-13-14-27)35(34)31-16-15-29-11-7-8-12-30(29)22-31/h7-8,11-12,15-16,19-22,27H,5-6,9-10,13-14,17-18,23-24H2,1-4H3/q+1. The Morgan fingerprint density at radius 2 is 1.57 bits per heavy atom. The molecule has 1 fully saturated rings. The van der Waals surface area contributed by atoms with E-state index in [0.29, 0.717) is 0 Å². The van der Waals surface area contributed by atoms with Gasteiger partial charge in [-0.15, -0.1) is 0 Å². The molecule has 4 heteroatoms. The third-order valence-corrected chi connectivity index (χ3v) is 9.20. The molecule has 1 aliphatic rings. The summed E-state index contributed by atoms with van der Waals surface area (Å²) in [6.07, 6.45) is 4.83. The lowest BCUT2D eigenvalue weighted by molar-refractivity contribution is -0.938. The molecule has 4 rings (SSSR count). The third kappa shape index (κ3) is 7.03. The van der Waals surface area contributed by atoms with Gasteiger partial charge in [0.1, 0.15) is 17.5 Å². The van der Waals surface area contributed by atoms with E-state index in [1.165, 1.54) is 53.3 Å². The minimum absolute atomic E-state index is 0.727. The van der Waals surface area contributed by atoms with Gasteiger partial charge in [0.15, 0.2) is 0 Å². The Labute approximate surface area is 215 Å². The highest BCUT2D eigenvalue weighted by molar-refractivity contribution is 7.82. The monoisotopic (exact) mass is 491 g/mol. The van der Waals surface area contributed by atoms with E-state index in [4.69, 9.17) is 0 Å². The molecule has 3 nitrogen and oxygen atoms in total. The molecule has 0 aromatic heterocycles. The minimum atomic E-state index is -1.09. The first-order valence-corrected chi connectivity index (χ1v) is 14.6. The molecule has 3 aromatic carbocycles. The predicted octanol–water partition coefficient (Wildman–Crippen LogP) is 7.03. The minimum Gasteiger partial charge on any atom is -0.320 e. The van der Waals surface area contributed by atoms with Crippen LogP contribution in [0.25, 0.3) is 10.8 Å². The third-order valence-electron chi connectivity index (χ3n) is 7.75. The van der Waals surface area contributed by atoms with Gasteiger partial charge >= 0.3 is 0 Å². The number of fused-ring (bicyclic) bond motifs is 1. The number of hydrogen-bond acceptors (Lipinski definition) is 1. The number of aryl methyl sites for hydroxylation is 2. The average Bonchev–Trinajstić information content (AvgIpc) is 3.68. The van der Waals surface area contributed by atoms with Gasteiger partial charge in [-0.2, -0.15) is 0 Å². The lowest BCUT2D eigenvalue weighted by Crippen LogP contribution is -2.47. The Hall–Kier alpha value is -2.01. The van der Waals surface area contributed by atoms with E-state index in [1.54, 1.807) is 0 Å². The van der Waals surface area contributed by atoms with Crippen LogP contribution < -0.4 is 0 Å². The number of nitrogens with zero attached hydrogens (tertiary/aromatic N) is 2. The summed E-state index contributed by atoms with van der Waals surface area (Å²) in [5.74, 6) is 0.727. The molecule has 188 valence electrons. The summed E-state index contributed by atoms with van der Waals surface area (Å²) in [7, 11) is -1.09. The molecule has 1 unspecified atom stereocenters. The smallest absolute Gasteiger partial charge is 0.127 e. The summed E-state index contributed by atoms with van der Waals surface area (Å²) in [6, 6.07) is 21.6. The summed E-state index contributed by atoms with van der Waals surface area (Å²) < 4.78 is 17.0. The molecule has 35 heavy (non-hydrogen) atoms. The van der Waals surface area contributed by atoms with E-state index in [-0.39, 0.29) is 0 Å². The highest BCUT2D eigenvalue weighted by Crippen LogP contribution is 2.31. The summed E-state index contributed by atoms with van der Waals surface area (Å²) in [5.41, 5.74) is 4.17. The van der Waals surface area contributed by atoms with Crippen LogP contribution in [0.1, 0.15) is 56.2 Å². The van der Waals surface area contributed by atoms with Crippen molar-refractivity contribution in [2.75, 3.05) is 32.7 Å². The van der Waals surface area contributed by atoms with Gasteiger partial charge in [-0.05, 0) is 82.2 Å². The van der Waals surface area contributed by atoms with Gasteiger partial charge in [0.25, 0.3) is 0 Å². The van der Waals surface area contributed by atoms with Gasteiger partial charge in [-0.25, -0.2) is 8.51 Å². The van der Waals surface area contributed by atoms with E-state index in [9.17, 15) is 4.21 Å². The van der Waals surface area contributed by atoms with Crippen LogP contribution in [0.2, 0.25) is 0 Å². The average molecular weight is 492 g/mol. The van der Waals surface area contributed by atoms with Crippen molar-refractivity contribution in [2.45, 2.75) is 64.8 Å². The van der Waals surface area contributed by atoms with Crippen molar-refractivity contribution in [1.82, 2.24) is 4.31 Å². The molecule has 1 saturated carbocycles. The van der Waals surface area contributed by atoms with E-state index >= 15 is 0 Å². The van der Waals surface area contributed by atoms with Crippen LogP contribution in [0.5, 0.6) is 0 Å². The second-order valence-corrected chi connectivity index (χ2v) is 12.1. The van der Waals surface area contributed by atoms with Crippen molar-refractivity contribution in [3.05, 3.63) is 77.4 Å². The molecule has 0 aliphatic heterocycles. The molecular formula is C31H43N2OS+. The van der Waals surface area contributed by atoms with E-state index in [1.807, 2.05) is 0 Å². The fourth-order valence-corrected chi connectivity index (χ4v) is 6.73. The van der Waals surface area contributed by atoms with Crippen LogP contribution >= 0.6 is 0 Å². The van der Waals surface area contributed by atoms with Crippen molar-refractivity contribution in [3.63, 3.8) is 0 Å². The van der Waals surface area contributed by atoms with Crippen molar-refractivity contribution in [2.24, 2.45) is 5.92 Å². The quantitative estimate of drug-likeness (QED) is 0.186. The Kier molecular flexibility index (Phi) is 8.80. The van der Waals surface area contributed by atoms with Gasteiger partial charge in [-0.3, -0.25) is 0 Å². The van der Waals surface area contributed by atoms with E-state index < -0.39 is 11.0 Å². The molecule has 1 atom stereocenters. The predicted molar refractivity (Wildman–Crippen MR) is 150 cm³/mol. The first-order valence-electron chi connectivity index (χ1n) is 13.5. The maximum atomic E-state index is 13.6. The first kappa shape index (κ1) is 26.1. The van der Waals surface area contributed by atoms with Crippen molar-refractivity contribution >= 4 is 21.8 Å². The molecule has 0 spiro atoms. The highest BCUT2D eigenvalue weighted by atomic mass is 32.2. The number of unbranched alkanes of at least 4 members (excludes halogenated alkanes) is 1. The number of hydrogen-bond donors (Lipinski definition) is 0. The number of rotatable bonds is 13. The maximum Gasteiger partial charge on any atom is 0.127 e. The van der Waals surface area contributed by atoms with Crippen molar-refractivity contribution in [1.29, 1.82) is 0 Å². The second-order valence-electron chi connectivity index (χ2n) is 10.6. The van der Waals surface area contributed by atoms with Crippen LogP contribution in [0.3, 0.4) is 0 Å². The van der Waals surface area contributed by atoms with Gasteiger partial charge in [0.05, 0.1) is 24.5 Å². The second kappa shape index (κ2) is 11.8. The summed E-state index contributed by atoms with van der Waals surface area (Å²) in [4.78, 5) is 0.936. The molecular weight excluding hydrogens is 448 g/mol. The Morgan fingerprint density at radius 3 is 2.23 bits per heavy atom. The molecule has 0 N–H and O–H groups in total. The zero-order valence-electron chi connectivity index (χ0n) is 22.1. The molecule has 0 radical (unpaired) electrons. The fourth-order valence-electron chi connectivity index (χ4n) is 5.38. The van der Waals surface area contributed by atoms with Crippen molar-refractivity contribution in [3.8, 4) is 0 Å². The van der Waals surface area contributed by atoms with Gasteiger partial charge in [0, 0.05) is 18.7 Å². The van der Waals surface area contributed by atoms with Crippen LogP contribution in [0.15, 0.2) is 65.6 Å². The van der Waals surface area contributed by atoms with Gasteiger partial charge in [0.2, 0.25) is 0 Å². The first-order chi connectivity index (χ1) is 16.9. The SMILES string of the molecule is CC[N+](CC)(CCCCN(CC1CC1)S(=O)c1ccc2ccccc2c1)Cc1cc(C)cc(C)c1. The molecule has 0 amide bonds. The van der Waals surface area contributed by atoms with Gasteiger partial charge in [-0.1, -0.05) is 59.7 Å². The lowest BCUT2D eigenvalue weighted by Gasteiger charge is -2.37. The Morgan fingerprint density at radius 1 is 0.886 bits per heavy atom. The molecule has 0 bridgehead atoms. The van der Waals surface area contributed by atoms with Crippen LogP contribution in [-0.2, 0) is 17.5 Å². The lowest BCUT2D eigenvalue weighted by atomic mass is 10.1. The largest absolute Gasteiger partial charge is 0.320 e. The highest BCUT2D eigenvalue weighted by Gasteiger charge is 2.28. The number of benzene rings is 3.